The highest BCUT2D eigenvalue weighted by Crippen LogP contribution is 2.36. The molecule has 1 aromatic heterocycles. The summed E-state index contributed by atoms with van der Waals surface area (Å²) in [5.41, 5.74) is 5.89. The Kier molecular flexibility index (Phi) is 6.23. The van der Waals surface area contributed by atoms with Gasteiger partial charge in [-0.25, -0.2) is 4.39 Å². The van der Waals surface area contributed by atoms with Crippen LogP contribution < -0.4 is 4.90 Å². The van der Waals surface area contributed by atoms with Crippen molar-refractivity contribution in [2.24, 2.45) is 5.92 Å². The standard InChI is InChI=1S/C32H33FN2O3/c1-4-21-13-24(32(37)35-12-11-22-7-5-6-8-26(22)20(35)3)14-23-15-30(38-31(21)23)27-10-9-25(16-28(27)33)34-17-19(2)29(36)18-34/h5-10,13-16,19-20,29,36H,4,11-12,17-18H2,1-3H3/t19?,20-,29+/m1/s1. The van der Waals surface area contributed by atoms with Crippen LogP contribution in [0.3, 0.4) is 0 Å². The van der Waals surface area contributed by atoms with Gasteiger partial charge in [-0.15, -0.1) is 0 Å². The summed E-state index contributed by atoms with van der Waals surface area (Å²) >= 11 is 0. The summed E-state index contributed by atoms with van der Waals surface area (Å²) in [5.74, 6) is 0.230. The van der Waals surface area contributed by atoms with Crippen LogP contribution in [0.25, 0.3) is 22.3 Å². The number of benzene rings is 3. The van der Waals surface area contributed by atoms with Crippen molar-refractivity contribution in [3.63, 3.8) is 0 Å². The Hall–Kier alpha value is -3.64. The number of aryl methyl sites for hydroxylation is 1. The number of nitrogens with zero attached hydrogens (tertiary/aromatic N) is 2. The first-order valence-electron chi connectivity index (χ1n) is 13.5. The van der Waals surface area contributed by atoms with Crippen molar-refractivity contribution < 1.29 is 18.7 Å². The van der Waals surface area contributed by atoms with Gasteiger partial charge in [0.05, 0.1) is 17.7 Å². The number of halogens is 1. The molecule has 196 valence electrons. The Morgan fingerprint density at radius 3 is 2.63 bits per heavy atom. The Bertz CT molecular complexity index is 1520. The number of aliphatic hydroxyl groups is 1. The molecule has 1 unspecified atom stereocenters. The predicted molar refractivity (Wildman–Crippen MR) is 148 cm³/mol. The molecule has 2 aliphatic heterocycles. The molecule has 1 fully saturated rings. The molecule has 6 heteroatoms. The van der Waals surface area contributed by atoms with Crippen LogP contribution in [0.15, 0.2) is 65.1 Å². The molecular formula is C32H33FN2O3. The number of fused-ring (bicyclic) bond motifs is 2. The van der Waals surface area contributed by atoms with Crippen LogP contribution in [0.4, 0.5) is 10.1 Å². The van der Waals surface area contributed by atoms with Crippen LogP contribution in [-0.2, 0) is 12.8 Å². The van der Waals surface area contributed by atoms with E-state index in [9.17, 15) is 9.90 Å². The number of furan rings is 1. The monoisotopic (exact) mass is 512 g/mol. The molecule has 3 heterocycles. The van der Waals surface area contributed by atoms with Crippen LogP contribution >= 0.6 is 0 Å². The van der Waals surface area contributed by atoms with E-state index >= 15 is 4.39 Å². The quantitative estimate of drug-likeness (QED) is 0.345. The Morgan fingerprint density at radius 1 is 1.08 bits per heavy atom. The van der Waals surface area contributed by atoms with Gasteiger partial charge >= 0.3 is 0 Å². The molecule has 4 aromatic rings. The Morgan fingerprint density at radius 2 is 1.89 bits per heavy atom. The van der Waals surface area contributed by atoms with Gasteiger partial charge in [0.15, 0.2) is 0 Å². The number of hydrogen-bond acceptors (Lipinski definition) is 4. The lowest BCUT2D eigenvalue weighted by Gasteiger charge is -2.35. The van der Waals surface area contributed by atoms with Gasteiger partial charge in [-0.1, -0.05) is 38.1 Å². The summed E-state index contributed by atoms with van der Waals surface area (Å²) in [6.07, 6.45) is 1.13. The van der Waals surface area contributed by atoms with Crippen molar-refractivity contribution in [3.8, 4) is 11.3 Å². The zero-order valence-corrected chi connectivity index (χ0v) is 22.1. The van der Waals surface area contributed by atoms with Gasteiger partial charge in [0.1, 0.15) is 17.2 Å². The fourth-order valence-corrected chi connectivity index (χ4v) is 6.02. The van der Waals surface area contributed by atoms with E-state index in [1.165, 1.54) is 17.2 Å². The van der Waals surface area contributed by atoms with Crippen molar-refractivity contribution in [2.75, 3.05) is 24.5 Å². The van der Waals surface area contributed by atoms with Gasteiger partial charge in [-0.3, -0.25) is 4.79 Å². The van der Waals surface area contributed by atoms with Crippen LogP contribution in [0, 0.1) is 11.7 Å². The van der Waals surface area contributed by atoms with E-state index in [0.29, 0.717) is 48.5 Å². The Balaban J connectivity index is 1.32. The van der Waals surface area contributed by atoms with Gasteiger partial charge in [0, 0.05) is 42.2 Å². The lowest BCUT2D eigenvalue weighted by atomic mass is 9.92. The molecule has 0 spiro atoms. The van der Waals surface area contributed by atoms with E-state index in [-0.39, 0.29) is 23.7 Å². The third-order valence-corrected chi connectivity index (χ3v) is 8.33. The smallest absolute Gasteiger partial charge is 0.254 e. The molecule has 0 saturated carbocycles. The summed E-state index contributed by atoms with van der Waals surface area (Å²) in [5, 5.41) is 10.9. The molecule has 3 aromatic carbocycles. The van der Waals surface area contributed by atoms with E-state index in [0.717, 1.165) is 23.1 Å². The molecule has 38 heavy (non-hydrogen) atoms. The largest absolute Gasteiger partial charge is 0.456 e. The highest BCUT2D eigenvalue weighted by atomic mass is 19.1. The minimum Gasteiger partial charge on any atom is -0.456 e. The fraction of sp³-hybridized carbons (Fsp3) is 0.344. The van der Waals surface area contributed by atoms with Crippen molar-refractivity contribution in [1.29, 1.82) is 0 Å². The van der Waals surface area contributed by atoms with Gasteiger partial charge in [0.2, 0.25) is 0 Å². The number of β-amino-alcohol motifs (C(OH)–C–C–N with tert-alkyl or cyclic N) is 1. The average Bonchev–Trinajstić information content (AvgIpc) is 3.50. The lowest BCUT2D eigenvalue weighted by molar-refractivity contribution is 0.0677. The maximum atomic E-state index is 15.3. The second-order valence-electron chi connectivity index (χ2n) is 10.8. The molecule has 1 amide bonds. The zero-order valence-electron chi connectivity index (χ0n) is 22.1. The summed E-state index contributed by atoms with van der Waals surface area (Å²) in [6, 6.07) is 19.1. The van der Waals surface area contributed by atoms with Crippen molar-refractivity contribution in [1.82, 2.24) is 4.90 Å². The second-order valence-corrected chi connectivity index (χ2v) is 10.8. The molecule has 0 bridgehead atoms. The van der Waals surface area contributed by atoms with Crippen molar-refractivity contribution in [3.05, 3.63) is 88.7 Å². The van der Waals surface area contributed by atoms with Gasteiger partial charge in [-0.2, -0.15) is 0 Å². The van der Waals surface area contributed by atoms with Crippen LogP contribution in [0.1, 0.15) is 53.9 Å². The van der Waals surface area contributed by atoms with Gasteiger partial charge in [-0.05, 0) is 72.9 Å². The number of carbonyl (C=O) groups excluding carboxylic acids is 1. The van der Waals surface area contributed by atoms with Gasteiger partial charge in [0.25, 0.3) is 5.91 Å². The third kappa shape index (κ3) is 4.17. The first-order chi connectivity index (χ1) is 18.3. The average molecular weight is 513 g/mol. The third-order valence-electron chi connectivity index (χ3n) is 8.33. The fourth-order valence-electron chi connectivity index (χ4n) is 6.02. The number of hydrogen-bond donors (Lipinski definition) is 1. The minimum atomic E-state index is -0.403. The van der Waals surface area contributed by atoms with E-state index in [2.05, 4.69) is 25.1 Å². The van der Waals surface area contributed by atoms with Gasteiger partial charge < -0.3 is 19.3 Å². The molecule has 0 aliphatic carbocycles. The lowest BCUT2D eigenvalue weighted by Crippen LogP contribution is -2.38. The summed E-state index contributed by atoms with van der Waals surface area (Å²) in [6.45, 7) is 7.99. The Labute approximate surface area is 222 Å². The SMILES string of the molecule is CCc1cc(C(=O)N2CCc3ccccc3[C@H]2C)cc2cc(-c3ccc(N4CC(C)[C@@H](O)C4)cc3F)oc12. The van der Waals surface area contributed by atoms with Crippen molar-refractivity contribution >= 4 is 22.6 Å². The first kappa shape index (κ1) is 24.7. The van der Waals surface area contributed by atoms with E-state index in [4.69, 9.17) is 4.42 Å². The maximum Gasteiger partial charge on any atom is 0.254 e. The minimum absolute atomic E-state index is 0.000418. The molecular weight excluding hydrogens is 479 g/mol. The molecule has 1 saturated heterocycles. The topological polar surface area (TPSA) is 56.9 Å². The summed E-state index contributed by atoms with van der Waals surface area (Å²) in [7, 11) is 0. The first-order valence-corrected chi connectivity index (χ1v) is 13.5. The normalized spacial score (nSPS) is 21.2. The highest BCUT2D eigenvalue weighted by molar-refractivity contribution is 6.00. The number of amides is 1. The van der Waals surface area contributed by atoms with Crippen LogP contribution in [-0.4, -0.2) is 41.7 Å². The van der Waals surface area contributed by atoms with Crippen LogP contribution in [0.5, 0.6) is 0 Å². The number of carbonyl (C=O) groups is 1. The van der Waals surface area contributed by atoms with E-state index < -0.39 is 6.10 Å². The maximum absolute atomic E-state index is 15.3. The highest BCUT2D eigenvalue weighted by Gasteiger charge is 2.30. The second kappa shape index (κ2) is 9.59. The molecule has 3 atom stereocenters. The zero-order chi connectivity index (χ0) is 26.6. The van der Waals surface area contributed by atoms with E-state index in [1.807, 2.05) is 54.0 Å². The van der Waals surface area contributed by atoms with Crippen LogP contribution in [0.2, 0.25) is 0 Å². The summed E-state index contributed by atoms with van der Waals surface area (Å²) < 4.78 is 21.5. The predicted octanol–water partition coefficient (Wildman–Crippen LogP) is 6.38. The number of rotatable bonds is 4. The molecule has 2 aliphatic rings. The number of aliphatic hydroxyl groups excluding tert-OH is 1. The van der Waals surface area contributed by atoms with Crippen molar-refractivity contribution in [2.45, 2.75) is 45.8 Å². The number of anilines is 1. The molecule has 1 N–H and O–H groups in total. The summed E-state index contributed by atoms with van der Waals surface area (Å²) in [4.78, 5) is 17.6. The molecule has 6 rings (SSSR count). The van der Waals surface area contributed by atoms with E-state index in [1.54, 1.807) is 6.07 Å². The molecule has 5 nitrogen and oxygen atoms in total. The molecule has 0 radical (unpaired) electrons.